The summed E-state index contributed by atoms with van der Waals surface area (Å²) in [6.07, 6.45) is 9.10. The number of rotatable bonds is 10. The SMILES string of the molecule is Cc1ncc([C@@H](CCC(O)CCCCc2ccc3c(n2)NCCC3)C(=O)O)cn1. The third-order valence-corrected chi connectivity index (χ3v) is 5.46. The van der Waals surface area contributed by atoms with E-state index >= 15 is 0 Å². The second-order valence-electron chi connectivity index (χ2n) is 7.77. The Morgan fingerprint density at radius 3 is 2.72 bits per heavy atom. The van der Waals surface area contributed by atoms with Crippen molar-refractivity contribution in [3.8, 4) is 0 Å². The minimum Gasteiger partial charge on any atom is -0.481 e. The Balaban J connectivity index is 1.39. The number of aromatic nitrogens is 3. The zero-order valence-electron chi connectivity index (χ0n) is 17.0. The van der Waals surface area contributed by atoms with Crippen LogP contribution >= 0.6 is 0 Å². The molecule has 0 spiro atoms. The van der Waals surface area contributed by atoms with Crippen LogP contribution in [-0.4, -0.2) is 43.8 Å². The van der Waals surface area contributed by atoms with Gasteiger partial charge in [-0.3, -0.25) is 4.79 Å². The van der Waals surface area contributed by atoms with E-state index in [4.69, 9.17) is 4.98 Å². The fourth-order valence-electron chi connectivity index (χ4n) is 3.71. The zero-order valence-corrected chi connectivity index (χ0v) is 17.0. The molecule has 0 radical (unpaired) electrons. The Hall–Kier alpha value is -2.54. The Bertz CT molecular complexity index is 810. The van der Waals surface area contributed by atoms with E-state index in [0.29, 0.717) is 30.7 Å². The number of fused-ring (bicyclic) bond motifs is 1. The van der Waals surface area contributed by atoms with E-state index in [2.05, 4.69) is 27.4 Å². The topological polar surface area (TPSA) is 108 Å². The fraction of sp³-hybridized carbons (Fsp3) is 0.545. The van der Waals surface area contributed by atoms with Crippen LogP contribution in [0.4, 0.5) is 5.82 Å². The Morgan fingerprint density at radius 1 is 1.17 bits per heavy atom. The maximum absolute atomic E-state index is 11.6. The normalized spacial score (nSPS) is 15.2. The van der Waals surface area contributed by atoms with Crippen LogP contribution in [0.15, 0.2) is 24.5 Å². The van der Waals surface area contributed by atoms with E-state index in [0.717, 1.165) is 50.2 Å². The lowest BCUT2D eigenvalue weighted by Gasteiger charge is -2.17. The van der Waals surface area contributed by atoms with Crippen molar-refractivity contribution in [1.82, 2.24) is 15.0 Å². The molecule has 0 bridgehead atoms. The van der Waals surface area contributed by atoms with Gasteiger partial charge in [0.25, 0.3) is 0 Å². The average Bonchev–Trinajstić information content (AvgIpc) is 2.72. The number of pyridine rings is 1. The van der Waals surface area contributed by atoms with Gasteiger partial charge < -0.3 is 15.5 Å². The minimum atomic E-state index is -0.906. The second-order valence-corrected chi connectivity index (χ2v) is 7.77. The molecule has 1 unspecified atom stereocenters. The average molecular weight is 399 g/mol. The number of aryl methyl sites for hydroxylation is 3. The predicted molar refractivity (Wildman–Crippen MR) is 111 cm³/mol. The number of carbonyl (C=O) groups is 1. The van der Waals surface area contributed by atoms with Crippen molar-refractivity contribution >= 4 is 11.8 Å². The first kappa shape index (κ1) is 21.2. The molecule has 0 aliphatic carbocycles. The quantitative estimate of drug-likeness (QED) is 0.527. The third-order valence-electron chi connectivity index (χ3n) is 5.46. The van der Waals surface area contributed by atoms with Crippen molar-refractivity contribution in [1.29, 1.82) is 0 Å². The Morgan fingerprint density at radius 2 is 1.97 bits per heavy atom. The van der Waals surface area contributed by atoms with E-state index in [9.17, 15) is 15.0 Å². The number of aliphatic hydroxyl groups excluding tert-OH is 1. The van der Waals surface area contributed by atoms with Gasteiger partial charge in [-0.25, -0.2) is 15.0 Å². The summed E-state index contributed by atoms with van der Waals surface area (Å²) >= 11 is 0. The molecule has 3 rings (SSSR count). The molecule has 0 fully saturated rings. The number of hydrogen-bond donors (Lipinski definition) is 3. The summed E-state index contributed by atoms with van der Waals surface area (Å²) in [5, 5.41) is 23.1. The molecule has 2 atom stereocenters. The first-order valence-corrected chi connectivity index (χ1v) is 10.4. The molecule has 3 heterocycles. The Labute approximate surface area is 171 Å². The maximum Gasteiger partial charge on any atom is 0.311 e. The van der Waals surface area contributed by atoms with Crippen molar-refractivity contribution in [2.75, 3.05) is 11.9 Å². The highest BCUT2D eigenvalue weighted by Gasteiger charge is 2.21. The zero-order chi connectivity index (χ0) is 20.6. The van der Waals surface area contributed by atoms with Gasteiger partial charge in [0.1, 0.15) is 11.6 Å². The lowest BCUT2D eigenvalue weighted by atomic mass is 9.94. The van der Waals surface area contributed by atoms with Gasteiger partial charge in [-0.05, 0) is 63.5 Å². The minimum absolute atomic E-state index is 0.376. The van der Waals surface area contributed by atoms with Crippen LogP contribution in [-0.2, 0) is 17.6 Å². The molecule has 2 aromatic heterocycles. The molecule has 0 saturated carbocycles. The summed E-state index contributed by atoms with van der Waals surface area (Å²) in [5.74, 6) is 0.0462. The van der Waals surface area contributed by atoms with Crippen LogP contribution in [0.25, 0.3) is 0 Å². The molecule has 1 aliphatic heterocycles. The third kappa shape index (κ3) is 6.22. The number of anilines is 1. The lowest BCUT2D eigenvalue weighted by molar-refractivity contribution is -0.139. The van der Waals surface area contributed by atoms with E-state index < -0.39 is 18.0 Å². The van der Waals surface area contributed by atoms with Crippen molar-refractivity contribution in [3.05, 3.63) is 47.2 Å². The molecular weight excluding hydrogens is 368 g/mol. The van der Waals surface area contributed by atoms with Crippen molar-refractivity contribution < 1.29 is 15.0 Å². The van der Waals surface area contributed by atoms with E-state index in [-0.39, 0.29) is 0 Å². The molecule has 0 amide bonds. The van der Waals surface area contributed by atoms with Crippen LogP contribution in [0, 0.1) is 6.92 Å². The summed E-state index contributed by atoms with van der Waals surface area (Å²) in [6.45, 7) is 2.75. The van der Waals surface area contributed by atoms with Gasteiger partial charge in [-0.2, -0.15) is 0 Å². The highest BCUT2D eigenvalue weighted by molar-refractivity contribution is 5.75. The second kappa shape index (κ2) is 10.3. The van der Waals surface area contributed by atoms with Crippen LogP contribution in [0.5, 0.6) is 0 Å². The monoisotopic (exact) mass is 398 g/mol. The van der Waals surface area contributed by atoms with Gasteiger partial charge in [-0.15, -0.1) is 0 Å². The lowest BCUT2D eigenvalue weighted by Crippen LogP contribution is -2.16. The molecule has 1 aliphatic rings. The highest BCUT2D eigenvalue weighted by Crippen LogP contribution is 2.23. The van der Waals surface area contributed by atoms with Gasteiger partial charge in [0.15, 0.2) is 0 Å². The summed E-state index contributed by atoms with van der Waals surface area (Å²) in [7, 11) is 0. The first-order chi connectivity index (χ1) is 14.0. The van der Waals surface area contributed by atoms with Crippen LogP contribution in [0.1, 0.15) is 67.1 Å². The van der Waals surface area contributed by atoms with Gasteiger partial charge in [0.2, 0.25) is 0 Å². The van der Waals surface area contributed by atoms with E-state index in [1.165, 1.54) is 5.56 Å². The predicted octanol–water partition coefficient (Wildman–Crippen LogP) is 3.26. The number of hydrogen-bond acceptors (Lipinski definition) is 6. The number of nitrogens with one attached hydrogen (secondary N) is 1. The van der Waals surface area contributed by atoms with Crippen molar-refractivity contribution in [2.24, 2.45) is 0 Å². The fourth-order valence-corrected chi connectivity index (χ4v) is 3.71. The largest absolute Gasteiger partial charge is 0.481 e. The van der Waals surface area contributed by atoms with Crippen LogP contribution in [0.3, 0.4) is 0 Å². The number of carboxylic acid groups (broad SMARTS) is 1. The molecule has 7 nitrogen and oxygen atoms in total. The smallest absolute Gasteiger partial charge is 0.311 e. The molecule has 3 N–H and O–H groups in total. The van der Waals surface area contributed by atoms with Gasteiger partial charge in [0, 0.05) is 30.2 Å². The van der Waals surface area contributed by atoms with Gasteiger partial charge >= 0.3 is 5.97 Å². The molecular formula is C22H30N4O3. The molecule has 29 heavy (non-hydrogen) atoms. The summed E-state index contributed by atoms with van der Waals surface area (Å²) in [6, 6.07) is 4.27. The summed E-state index contributed by atoms with van der Waals surface area (Å²) in [4.78, 5) is 24.4. The van der Waals surface area contributed by atoms with Crippen molar-refractivity contribution in [2.45, 2.75) is 70.3 Å². The molecule has 0 aromatic carbocycles. The highest BCUT2D eigenvalue weighted by atomic mass is 16.4. The van der Waals surface area contributed by atoms with Crippen molar-refractivity contribution in [3.63, 3.8) is 0 Å². The standard InChI is InChI=1S/C22H30N4O3/c1-15-24-13-17(14-25-15)20(22(28)29)11-10-19(27)7-3-2-6-18-9-8-16-5-4-12-23-21(16)26-18/h8-9,13-14,19-20,27H,2-7,10-12H2,1H3,(H,23,26)(H,28,29)/t19?,20-/m1/s1. The molecule has 7 heteroatoms. The summed E-state index contributed by atoms with van der Waals surface area (Å²) < 4.78 is 0. The number of unbranched alkanes of at least 4 members (excludes halogenated alkanes) is 1. The first-order valence-electron chi connectivity index (χ1n) is 10.4. The number of carboxylic acids is 1. The molecule has 156 valence electrons. The van der Waals surface area contributed by atoms with Crippen LogP contribution < -0.4 is 5.32 Å². The van der Waals surface area contributed by atoms with Gasteiger partial charge in [-0.1, -0.05) is 12.5 Å². The Kier molecular flexibility index (Phi) is 7.52. The van der Waals surface area contributed by atoms with E-state index in [1.54, 1.807) is 19.3 Å². The number of nitrogens with zero attached hydrogens (tertiary/aromatic N) is 3. The molecule has 0 saturated heterocycles. The molecule has 2 aromatic rings. The van der Waals surface area contributed by atoms with Gasteiger partial charge in [0.05, 0.1) is 12.0 Å². The number of aliphatic carboxylic acids is 1. The van der Waals surface area contributed by atoms with E-state index in [1.807, 2.05) is 0 Å². The maximum atomic E-state index is 11.6. The van der Waals surface area contributed by atoms with Crippen LogP contribution in [0.2, 0.25) is 0 Å². The summed E-state index contributed by atoms with van der Waals surface area (Å²) in [5.41, 5.74) is 2.96. The number of aliphatic hydroxyl groups is 1.